The monoisotopic (exact) mass is 363 g/mol. The van der Waals surface area contributed by atoms with E-state index in [1.807, 2.05) is 12.1 Å². The number of amides is 1. The lowest BCUT2D eigenvalue weighted by Crippen LogP contribution is -2.09. The molecule has 1 N–H and O–H groups in total. The molecule has 0 unspecified atom stereocenters. The van der Waals surface area contributed by atoms with Crippen LogP contribution in [0.3, 0.4) is 0 Å². The Balaban J connectivity index is 2.15. The summed E-state index contributed by atoms with van der Waals surface area (Å²) in [5, 5.41) is 2.66. The van der Waals surface area contributed by atoms with Crippen molar-refractivity contribution in [3.63, 3.8) is 0 Å². The van der Waals surface area contributed by atoms with E-state index in [0.29, 0.717) is 11.4 Å². The average molecular weight is 364 g/mol. The van der Waals surface area contributed by atoms with Crippen LogP contribution in [0.4, 0.5) is 10.1 Å². The van der Waals surface area contributed by atoms with Gasteiger partial charge in [-0.15, -0.1) is 0 Å². The van der Waals surface area contributed by atoms with Crippen molar-refractivity contribution in [2.45, 2.75) is 6.92 Å². The first-order chi connectivity index (χ1) is 10.5. The van der Waals surface area contributed by atoms with Gasteiger partial charge in [-0.1, -0.05) is 22.0 Å². The molecular weight excluding hydrogens is 349 g/mol. The fourth-order valence-electron chi connectivity index (χ4n) is 1.90. The Morgan fingerprint density at radius 2 is 2.05 bits per heavy atom. The number of benzene rings is 2. The van der Waals surface area contributed by atoms with Crippen LogP contribution in [0.25, 0.3) is 6.08 Å². The molecule has 0 aliphatic heterocycles. The molecule has 0 heterocycles. The largest absolute Gasteiger partial charge is 0.496 e. The lowest BCUT2D eigenvalue weighted by Gasteiger charge is -2.07. The van der Waals surface area contributed by atoms with Crippen molar-refractivity contribution < 1.29 is 13.9 Å². The first-order valence-electron chi connectivity index (χ1n) is 6.58. The molecule has 0 fully saturated rings. The summed E-state index contributed by atoms with van der Waals surface area (Å²) in [6.45, 7) is 1.80. The van der Waals surface area contributed by atoms with Gasteiger partial charge in [0.25, 0.3) is 0 Å². The molecule has 0 spiro atoms. The number of nitrogens with one attached hydrogen (secondary N) is 1. The minimum atomic E-state index is -0.390. The summed E-state index contributed by atoms with van der Waals surface area (Å²) in [6.07, 6.45) is 3.03. The van der Waals surface area contributed by atoms with Gasteiger partial charge in [0.15, 0.2) is 0 Å². The highest BCUT2D eigenvalue weighted by Gasteiger charge is 2.05. The lowest BCUT2D eigenvalue weighted by molar-refractivity contribution is -0.111. The molecule has 3 nitrogen and oxygen atoms in total. The number of carbonyl (C=O) groups is 1. The molecule has 0 saturated carbocycles. The third-order valence-corrected chi connectivity index (χ3v) is 3.56. The van der Waals surface area contributed by atoms with Crippen molar-refractivity contribution in [3.8, 4) is 5.75 Å². The van der Waals surface area contributed by atoms with Crippen molar-refractivity contribution in [1.29, 1.82) is 0 Å². The summed E-state index contributed by atoms with van der Waals surface area (Å²) in [6, 6.07) is 9.76. The zero-order valence-electron chi connectivity index (χ0n) is 12.2. The second kappa shape index (κ2) is 7.22. The highest BCUT2D eigenvalue weighted by atomic mass is 79.9. The highest BCUT2D eigenvalue weighted by Crippen LogP contribution is 2.24. The first-order valence-corrected chi connectivity index (χ1v) is 7.37. The SMILES string of the molecule is COc1ccc(Br)cc1/C=C/C(=O)Nc1cc(F)ccc1C. The molecule has 2 rings (SSSR count). The zero-order valence-corrected chi connectivity index (χ0v) is 13.8. The number of ether oxygens (including phenoxy) is 1. The second-order valence-electron chi connectivity index (χ2n) is 4.67. The maximum atomic E-state index is 13.2. The van der Waals surface area contributed by atoms with Gasteiger partial charge >= 0.3 is 0 Å². The van der Waals surface area contributed by atoms with E-state index in [-0.39, 0.29) is 5.91 Å². The fourth-order valence-corrected chi connectivity index (χ4v) is 2.28. The van der Waals surface area contributed by atoms with Gasteiger partial charge in [-0.2, -0.15) is 0 Å². The quantitative estimate of drug-likeness (QED) is 0.808. The van der Waals surface area contributed by atoms with Crippen LogP contribution in [0.1, 0.15) is 11.1 Å². The Morgan fingerprint density at radius 3 is 2.77 bits per heavy atom. The standard InChI is InChI=1S/C17H15BrFNO2/c1-11-3-6-14(19)10-15(11)20-17(21)8-4-12-9-13(18)5-7-16(12)22-2/h3-10H,1-2H3,(H,20,21)/b8-4+. The van der Waals surface area contributed by atoms with E-state index in [9.17, 15) is 9.18 Å². The second-order valence-corrected chi connectivity index (χ2v) is 5.58. The predicted octanol–water partition coefficient (Wildman–Crippen LogP) is 4.56. The normalized spacial score (nSPS) is 10.7. The summed E-state index contributed by atoms with van der Waals surface area (Å²) in [7, 11) is 1.57. The molecular formula is C17H15BrFNO2. The molecule has 22 heavy (non-hydrogen) atoms. The molecule has 2 aromatic carbocycles. The topological polar surface area (TPSA) is 38.3 Å². The molecule has 0 aliphatic rings. The Labute approximate surface area is 136 Å². The summed E-state index contributed by atoms with van der Waals surface area (Å²) in [5.74, 6) is -0.0662. The van der Waals surface area contributed by atoms with Gasteiger partial charge in [0, 0.05) is 21.8 Å². The summed E-state index contributed by atoms with van der Waals surface area (Å²) < 4.78 is 19.3. The molecule has 1 amide bonds. The molecule has 0 aliphatic carbocycles. The smallest absolute Gasteiger partial charge is 0.248 e. The van der Waals surface area contributed by atoms with E-state index in [1.54, 1.807) is 32.2 Å². The van der Waals surface area contributed by atoms with Crippen molar-refractivity contribution >= 4 is 33.6 Å². The first kappa shape index (κ1) is 16.2. The average Bonchev–Trinajstić information content (AvgIpc) is 2.49. The van der Waals surface area contributed by atoms with E-state index >= 15 is 0 Å². The Hall–Kier alpha value is -2.14. The van der Waals surface area contributed by atoms with Crippen molar-refractivity contribution in [2.24, 2.45) is 0 Å². The maximum absolute atomic E-state index is 13.2. The van der Waals surface area contributed by atoms with Crippen LogP contribution in [-0.4, -0.2) is 13.0 Å². The van der Waals surface area contributed by atoms with Crippen molar-refractivity contribution in [1.82, 2.24) is 0 Å². The van der Waals surface area contributed by atoms with E-state index in [4.69, 9.17) is 4.74 Å². The van der Waals surface area contributed by atoms with Gasteiger partial charge in [-0.05, 0) is 48.9 Å². The van der Waals surface area contributed by atoms with E-state index in [1.165, 1.54) is 18.2 Å². The lowest BCUT2D eigenvalue weighted by atomic mass is 10.1. The van der Waals surface area contributed by atoms with Crippen LogP contribution < -0.4 is 10.1 Å². The van der Waals surface area contributed by atoms with Gasteiger partial charge in [0.05, 0.1) is 7.11 Å². The molecule has 0 radical (unpaired) electrons. The predicted molar refractivity (Wildman–Crippen MR) is 89.5 cm³/mol. The number of carbonyl (C=O) groups excluding carboxylic acids is 1. The van der Waals surface area contributed by atoms with E-state index in [0.717, 1.165) is 15.6 Å². The van der Waals surface area contributed by atoms with Crippen LogP contribution in [-0.2, 0) is 4.79 Å². The Kier molecular flexibility index (Phi) is 5.33. The number of aryl methyl sites for hydroxylation is 1. The number of anilines is 1. The summed E-state index contributed by atoms with van der Waals surface area (Å²) in [4.78, 5) is 12.0. The van der Waals surface area contributed by atoms with E-state index in [2.05, 4.69) is 21.2 Å². The zero-order chi connectivity index (χ0) is 16.1. The highest BCUT2D eigenvalue weighted by molar-refractivity contribution is 9.10. The van der Waals surface area contributed by atoms with Crippen LogP contribution in [0, 0.1) is 12.7 Å². The molecule has 2 aromatic rings. The Bertz CT molecular complexity index is 729. The number of hydrogen-bond acceptors (Lipinski definition) is 2. The summed E-state index contributed by atoms with van der Waals surface area (Å²) >= 11 is 3.37. The van der Waals surface area contributed by atoms with E-state index < -0.39 is 5.82 Å². The minimum Gasteiger partial charge on any atom is -0.496 e. The van der Waals surface area contributed by atoms with Gasteiger partial charge in [0.1, 0.15) is 11.6 Å². The van der Waals surface area contributed by atoms with Crippen molar-refractivity contribution in [2.75, 3.05) is 12.4 Å². The minimum absolute atomic E-state index is 0.337. The molecule has 0 saturated heterocycles. The maximum Gasteiger partial charge on any atom is 0.248 e. The van der Waals surface area contributed by atoms with Gasteiger partial charge < -0.3 is 10.1 Å². The van der Waals surface area contributed by atoms with Gasteiger partial charge in [0.2, 0.25) is 5.91 Å². The van der Waals surface area contributed by atoms with Crippen LogP contribution in [0.15, 0.2) is 46.9 Å². The summed E-state index contributed by atoms with van der Waals surface area (Å²) in [5.41, 5.74) is 2.02. The fraction of sp³-hybridized carbons (Fsp3) is 0.118. The van der Waals surface area contributed by atoms with Crippen molar-refractivity contribution in [3.05, 3.63) is 63.9 Å². The molecule has 5 heteroatoms. The van der Waals surface area contributed by atoms with Crippen LogP contribution in [0.2, 0.25) is 0 Å². The molecule has 0 aromatic heterocycles. The van der Waals surface area contributed by atoms with Gasteiger partial charge in [-0.25, -0.2) is 4.39 Å². The molecule has 0 bridgehead atoms. The number of hydrogen-bond donors (Lipinski definition) is 1. The number of methoxy groups -OCH3 is 1. The molecule has 114 valence electrons. The third kappa shape index (κ3) is 4.18. The van der Waals surface area contributed by atoms with Crippen LogP contribution in [0.5, 0.6) is 5.75 Å². The van der Waals surface area contributed by atoms with Gasteiger partial charge in [-0.3, -0.25) is 4.79 Å². The Morgan fingerprint density at radius 1 is 1.27 bits per heavy atom. The number of rotatable bonds is 4. The molecule has 0 atom stereocenters. The number of halogens is 2. The van der Waals surface area contributed by atoms with Crippen LogP contribution >= 0.6 is 15.9 Å². The third-order valence-electron chi connectivity index (χ3n) is 3.06.